The highest BCUT2D eigenvalue weighted by Gasteiger charge is 2.29. The molecule has 0 spiro atoms. The van der Waals surface area contributed by atoms with Crippen molar-refractivity contribution >= 4 is 17.7 Å². The molecular weight excluding hydrogens is 276 g/mol. The molecule has 21 heavy (non-hydrogen) atoms. The number of hydrogen-bond acceptors (Lipinski definition) is 5. The van der Waals surface area contributed by atoms with Crippen molar-refractivity contribution in [1.29, 1.82) is 0 Å². The summed E-state index contributed by atoms with van der Waals surface area (Å²) in [6.07, 6.45) is 0.506. The molecule has 1 fully saturated rings. The lowest BCUT2D eigenvalue weighted by atomic mass is 10.1. The van der Waals surface area contributed by atoms with E-state index in [1.165, 1.54) is 0 Å². The average molecular weight is 290 g/mol. The van der Waals surface area contributed by atoms with Gasteiger partial charge in [0.2, 0.25) is 11.8 Å². The lowest BCUT2D eigenvalue weighted by Gasteiger charge is -2.24. The van der Waals surface area contributed by atoms with Crippen molar-refractivity contribution < 1.29 is 23.9 Å². The number of benzene rings is 1. The van der Waals surface area contributed by atoms with Gasteiger partial charge in [0.05, 0.1) is 5.56 Å². The molecule has 1 aromatic carbocycles. The molecule has 2 aliphatic heterocycles. The van der Waals surface area contributed by atoms with Crippen molar-refractivity contribution in [2.75, 3.05) is 13.2 Å². The standard InChI is InChI=1S/C14H14N2O5/c17-11-5-4-9(14(19)16-11)15-13(18)8-2-1-3-10-12(8)21-7-6-20-10/h1-3,9H,4-7H2,(H,15,18)(H,16,17,19). The van der Waals surface area contributed by atoms with Gasteiger partial charge in [-0.25, -0.2) is 0 Å². The molecule has 2 aliphatic rings. The van der Waals surface area contributed by atoms with Gasteiger partial charge in [0.25, 0.3) is 5.91 Å². The molecule has 7 nitrogen and oxygen atoms in total. The van der Waals surface area contributed by atoms with Gasteiger partial charge in [0.1, 0.15) is 19.3 Å². The third-order valence-electron chi connectivity index (χ3n) is 3.36. The summed E-state index contributed by atoms with van der Waals surface area (Å²) in [4.78, 5) is 35.0. The van der Waals surface area contributed by atoms with E-state index < -0.39 is 17.9 Å². The molecule has 1 unspecified atom stereocenters. The van der Waals surface area contributed by atoms with Gasteiger partial charge >= 0.3 is 0 Å². The topological polar surface area (TPSA) is 93.7 Å². The van der Waals surface area contributed by atoms with E-state index in [2.05, 4.69) is 10.6 Å². The second kappa shape index (κ2) is 5.43. The third-order valence-corrected chi connectivity index (χ3v) is 3.36. The van der Waals surface area contributed by atoms with E-state index in [4.69, 9.17) is 9.47 Å². The Morgan fingerprint density at radius 1 is 1.24 bits per heavy atom. The Balaban J connectivity index is 1.77. The molecule has 0 saturated carbocycles. The first-order chi connectivity index (χ1) is 10.1. The average Bonchev–Trinajstić information content (AvgIpc) is 2.49. The predicted octanol–water partition coefficient (Wildman–Crippen LogP) is -0.00720. The monoisotopic (exact) mass is 290 g/mol. The van der Waals surface area contributed by atoms with E-state index in [9.17, 15) is 14.4 Å². The number of ether oxygens (including phenoxy) is 2. The predicted molar refractivity (Wildman–Crippen MR) is 71.1 cm³/mol. The SMILES string of the molecule is O=C1CCC(NC(=O)c2cccc3c2OCCO3)C(=O)N1. The van der Waals surface area contributed by atoms with Crippen molar-refractivity contribution in [3.8, 4) is 11.5 Å². The van der Waals surface area contributed by atoms with Crippen LogP contribution in [0.15, 0.2) is 18.2 Å². The number of carbonyl (C=O) groups is 3. The fourth-order valence-electron chi connectivity index (χ4n) is 2.32. The smallest absolute Gasteiger partial charge is 0.255 e. The normalized spacial score (nSPS) is 20.7. The molecule has 1 saturated heterocycles. The maximum absolute atomic E-state index is 12.3. The lowest BCUT2D eigenvalue weighted by Crippen LogP contribution is -2.52. The van der Waals surface area contributed by atoms with Crippen LogP contribution in [0, 0.1) is 0 Å². The Morgan fingerprint density at radius 3 is 2.86 bits per heavy atom. The number of carbonyl (C=O) groups excluding carboxylic acids is 3. The van der Waals surface area contributed by atoms with E-state index in [-0.39, 0.29) is 12.3 Å². The van der Waals surface area contributed by atoms with Crippen LogP contribution in [-0.2, 0) is 9.59 Å². The number of para-hydroxylation sites is 1. The highest BCUT2D eigenvalue weighted by atomic mass is 16.6. The van der Waals surface area contributed by atoms with Crippen LogP contribution in [-0.4, -0.2) is 37.0 Å². The molecule has 3 rings (SSSR count). The third kappa shape index (κ3) is 2.67. The lowest BCUT2D eigenvalue weighted by molar-refractivity contribution is -0.134. The van der Waals surface area contributed by atoms with Gasteiger partial charge in [0, 0.05) is 6.42 Å². The summed E-state index contributed by atoms with van der Waals surface area (Å²) in [5.74, 6) is -0.335. The quantitative estimate of drug-likeness (QED) is 0.747. The van der Waals surface area contributed by atoms with E-state index in [0.29, 0.717) is 36.7 Å². The maximum Gasteiger partial charge on any atom is 0.255 e. The number of imide groups is 1. The second-order valence-corrected chi connectivity index (χ2v) is 4.81. The zero-order chi connectivity index (χ0) is 14.8. The van der Waals surface area contributed by atoms with E-state index in [1.807, 2.05) is 0 Å². The number of amides is 3. The second-order valence-electron chi connectivity index (χ2n) is 4.81. The summed E-state index contributed by atoms with van der Waals surface area (Å²) < 4.78 is 10.9. The molecule has 1 atom stereocenters. The summed E-state index contributed by atoms with van der Waals surface area (Å²) >= 11 is 0. The van der Waals surface area contributed by atoms with Crippen molar-refractivity contribution in [3.05, 3.63) is 23.8 Å². The van der Waals surface area contributed by atoms with Crippen LogP contribution < -0.4 is 20.1 Å². The van der Waals surface area contributed by atoms with E-state index in [1.54, 1.807) is 18.2 Å². The van der Waals surface area contributed by atoms with Crippen LogP contribution in [0.25, 0.3) is 0 Å². The zero-order valence-corrected chi connectivity index (χ0v) is 11.2. The first-order valence-electron chi connectivity index (χ1n) is 6.68. The van der Waals surface area contributed by atoms with Crippen LogP contribution in [0.3, 0.4) is 0 Å². The first kappa shape index (κ1) is 13.4. The van der Waals surface area contributed by atoms with Crippen LogP contribution in [0.1, 0.15) is 23.2 Å². The summed E-state index contributed by atoms with van der Waals surface area (Å²) in [7, 11) is 0. The molecule has 0 bridgehead atoms. The molecule has 2 heterocycles. The van der Waals surface area contributed by atoms with Gasteiger partial charge in [-0.1, -0.05) is 6.07 Å². The summed E-state index contributed by atoms with van der Waals surface area (Å²) in [5.41, 5.74) is 0.317. The van der Waals surface area contributed by atoms with Crippen molar-refractivity contribution in [2.24, 2.45) is 0 Å². The zero-order valence-electron chi connectivity index (χ0n) is 11.2. The summed E-state index contributed by atoms with van der Waals surface area (Å²) in [6.45, 7) is 0.806. The first-order valence-corrected chi connectivity index (χ1v) is 6.68. The van der Waals surface area contributed by atoms with Crippen molar-refractivity contribution in [1.82, 2.24) is 10.6 Å². The Kier molecular flexibility index (Phi) is 3.47. The molecular formula is C14H14N2O5. The van der Waals surface area contributed by atoms with Gasteiger partial charge < -0.3 is 14.8 Å². The van der Waals surface area contributed by atoms with Gasteiger partial charge in [-0.05, 0) is 18.6 Å². The number of fused-ring (bicyclic) bond motifs is 1. The van der Waals surface area contributed by atoms with E-state index >= 15 is 0 Å². The van der Waals surface area contributed by atoms with Crippen molar-refractivity contribution in [3.63, 3.8) is 0 Å². The maximum atomic E-state index is 12.3. The van der Waals surface area contributed by atoms with Gasteiger partial charge in [-0.3, -0.25) is 19.7 Å². The summed E-state index contributed by atoms with van der Waals surface area (Å²) in [5, 5.41) is 4.82. The molecule has 0 aliphatic carbocycles. The van der Waals surface area contributed by atoms with Gasteiger partial charge in [-0.2, -0.15) is 0 Å². The van der Waals surface area contributed by atoms with Crippen LogP contribution in [0.2, 0.25) is 0 Å². The van der Waals surface area contributed by atoms with Crippen LogP contribution in [0.4, 0.5) is 0 Å². The molecule has 0 radical (unpaired) electrons. The van der Waals surface area contributed by atoms with E-state index in [0.717, 1.165) is 0 Å². The number of hydrogen-bond donors (Lipinski definition) is 2. The Bertz CT molecular complexity index is 613. The minimum Gasteiger partial charge on any atom is -0.486 e. The number of rotatable bonds is 2. The minimum atomic E-state index is -0.712. The fourth-order valence-corrected chi connectivity index (χ4v) is 2.32. The van der Waals surface area contributed by atoms with Crippen LogP contribution in [0.5, 0.6) is 11.5 Å². The Hall–Kier alpha value is -2.57. The Labute approximate surface area is 120 Å². The molecule has 3 amide bonds. The van der Waals surface area contributed by atoms with Crippen molar-refractivity contribution in [2.45, 2.75) is 18.9 Å². The molecule has 7 heteroatoms. The van der Waals surface area contributed by atoms with Gasteiger partial charge in [-0.15, -0.1) is 0 Å². The largest absolute Gasteiger partial charge is 0.486 e. The fraction of sp³-hybridized carbons (Fsp3) is 0.357. The molecule has 0 aromatic heterocycles. The minimum absolute atomic E-state index is 0.212. The highest BCUT2D eigenvalue weighted by Crippen LogP contribution is 2.33. The summed E-state index contributed by atoms with van der Waals surface area (Å²) in [6, 6.07) is 4.30. The number of piperidine rings is 1. The Morgan fingerprint density at radius 2 is 2.05 bits per heavy atom. The van der Waals surface area contributed by atoms with Gasteiger partial charge in [0.15, 0.2) is 11.5 Å². The van der Waals surface area contributed by atoms with Crippen LogP contribution >= 0.6 is 0 Å². The highest BCUT2D eigenvalue weighted by molar-refractivity contribution is 6.04. The molecule has 110 valence electrons. The number of nitrogens with one attached hydrogen (secondary N) is 2. The molecule has 2 N–H and O–H groups in total. The molecule has 1 aromatic rings.